The third-order valence-electron chi connectivity index (χ3n) is 4.11. The normalized spacial score (nSPS) is 14.2. The van der Waals surface area contributed by atoms with E-state index < -0.39 is 0 Å². The van der Waals surface area contributed by atoms with Gasteiger partial charge in [-0.2, -0.15) is 0 Å². The first-order chi connectivity index (χ1) is 11.4. The predicted molar refractivity (Wildman–Crippen MR) is 104 cm³/mol. The number of benzene rings is 2. The van der Waals surface area contributed by atoms with E-state index in [4.69, 9.17) is 16.3 Å². The Bertz CT molecular complexity index is 787. The van der Waals surface area contributed by atoms with E-state index in [-0.39, 0.29) is 0 Å². The molecule has 2 aromatic carbocycles. The number of hydrogen-bond acceptors (Lipinski definition) is 2. The molecule has 3 nitrogen and oxygen atoms in total. The third-order valence-corrected chi connectivity index (χ3v) is 5.33. The number of aryl methyl sites for hydroxylation is 2. The molecule has 1 saturated carbocycles. The molecule has 0 bridgehead atoms. The summed E-state index contributed by atoms with van der Waals surface area (Å²) < 4.78 is 6.82. The van der Waals surface area contributed by atoms with Crippen molar-refractivity contribution in [3.8, 4) is 11.5 Å². The van der Waals surface area contributed by atoms with Crippen molar-refractivity contribution >= 4 is 39.6 Å². The summed E-state index contributed by atoms with van der Waals surface area (Å²) in [5.41, 5.74) is 3.11. The summed E-state index contributed by atoms with van der Waals surface area (Å²) in [4.78, 5) is 6.81. The average molecular weight is 408 g/mol. The SMILES string of the molecule is Cc1cc(Oc2ccc(Cl)c(Br)c2)c(C)cc1N=CN(C)C1CC1. The van der Waals surface area contributed by atoms with Gasteiger partial charge in [0.1, 0.15) is 11.5 Å². The van der Waals surface area contributed by atoms with Crippen molar-refractivity contribution in [3.63, 3.8) is 0 Å². The summed E-state index contributed by atoms with van der Waals surface area (Å²) in [6.07, 6.45) is 4.46. The van der Waals surface area contributed by atoms with Gasteiger partial charge in [-0.1, -0.05) is 11.6 Å². The molecular formula is C19H20BrClN2O. The van der Waals surface area contributed by atoms with Crippen molar-refractivity contribution in [3.05, 3.63) is 51.0 Å². The lowest BCUT2D eigenvalue weighted by molar-refractivity contribution is 0.478. The molecule has 0 saturated heterocycles. The summed E-state index contributed by atoms with van der Waals surface area (Å²) >= 11 is 9.44. The van der Waals surface area contributed by atoms with E-state index in [0.717, 1.165) is 32.8 Å². The second kappa shape index (κ2) is 7.16. The first-order valence-electron chi connectivity index (χ1n) is 7.94. The molecule has 5 heteroatoms. The van der Waals surface area contributed by atoms with Gasteiger partial charge in [-0.15, -0.1) is 0 Å². The number of rotatable bonds is 5. The van der Waals surface area contributed by atoms with Crippen molar-refractivity contribution in [2.45, 2.75) is 32.7 Å². The van der Waals surface area contributed by atoms with Crippen LogP contribution in [0.25, 0.3) is 0 Å². The summed E-state index contributed by atoms with van der Waals surface area (Å²) in [5.74, 6) is 1.58. The molecule has 0 N–H and O–H groups in total. The van der Waals surface area contributed by atoms with Gasteiger partial charge in [0, 0.05) is 17.6 Å². The van der Waals surface area contributed by atoms with Crippen LogP contribution in [0.5, 0.6) is 11.5 Å². The number of ether oxygens (including phenoxy) is 1. The van der Waals surface area contributed by atoms with E-state index in [9.17, 15) is 0 Å². The van der Waals surface area contributed by atoms with Crippen LogP contribution in [0.15, 0.2) is 39.8 Å². The van der Waals surface area contributed by atoms with Crippen molar-refractivity contribution in [1.29, 1.82) is 0 Å². The maximum atomic E-state index is 6.03. The molecule has 0 heterocycles. The molecule has 1 aliphatic carbocycles. The summed E-state index contributed by atoms with van der Waals surface area (Å²) in [6, 6.07) is 10.3. The Hall–Kier alpha value is -1.52. The van der Waals surface area contributed by atoms with Crippen molar-refractivity contribution in [2.24, 2.45) is 4.99 Å². The van der Waals surface area contributed by atoms with Gasteiger partial charge in [0.15, 0.2) is 0 Å². The third kappa shape index (κ3) is 4.11. The van der Waals surface area contributed by atoms with Gasteiger partial charge in [-0.25, -0.2) is 4.99 Å². The Balaban J connectivity index is 1.79. The molecule has 2 aromatic rings. The lowest BCUT2D eigenvalue weighted by Crippen LogP contribution is -2.17. The minimum atomic E-state index is 0.666. The molecule has 1 fully saturated rings. The molecule has 0 aliphatic heterocycles. The van der Waals surface area contributed by atoms with Gasteiger partial charge in [0.25, 0.3) is 0 Å². The molecule has 1 aliphatic rings. The largest absolute Gasteiger partial charge is 0.457 e. The van der Waals surface area contributed by atoms with Crippen LogP contribution in [0.1, 0.15) is 24.0 Å². The Kier molecular flexibility index (Phi) is 5.16. The van der Waals surface area contributed by atoms with E-state index in [0.29, 0.717) is 11.1 Å². The fourth-order valence-corrected chi connectivity index (χ4v) is 2.90. The highest BCUT2D eigenvalue weighted by Crippen LogP contribution is 2.34. The Morgan fingerprint density at radius 3 is 2.62 bits per heavy atom. The van der Waals surface area contributed by atoms with Gasteiger partial charge in [-0.3, -0.25) is 0 Å². The van der Waals surface area contributed by atoms with Crippen LogP contribution in [0.3, 0.4) is 0 Å². The van der Waals surface area contributed by atoms with Crippen molar-refractivity contribution < 1.29 is 4.74 Å². The second-order valence-electron chi connectivity index (χ2n) is 6.22. The standard InChI is InChI=1S/C19H20BrClN2O/c1-12-9-19(24-15-6-7-17(21)16(20)10-15)13(2)8-18(12)22-11-23(3)14-4-5-14/h6-11,14H,4-5H2,1-3H3. The molecular weight excluding hydrogens is 388 g/mol. The van der Waals surface area contributed by atoms with Gasteiger partial charge < -0.3 is 9.64 Å². The van der Waals surface area contributed by atoms with E-state index in [1.807, 2.05) is 44.5 Å². The van der Waals surface area contributed by atoms with Crippen LogP contribution < -0.4 is 4.74 Å². The highest BCUT2D eigenvalue weighted by Gasteiger charge is 2.24. The second-order valence-corrected chi connectivity index (χ2v) is 7.48. The zero-order valence-corrected chi connectivity index (χ0v) is 16.4. The molecule has 24 heavy (non-hydrogen) atoms. The highest BCUT2D eigenvalue weighted by atomic mass is 79.9. The zero-order chi connectivity index (χ0) is 17.3. The van der Waals surface area contributed by atoms with E-state index >= 15 is 0 Å². The lowest BCUT2D eigenvalue weighted by atomic mass is 10.1. The number of aliphatic imine (C=N–C) groups is 1. The Labute approximate surface area is 156 Å². The van der Waals surface area contributed by atoms with Crippen LogP contribution in [0, 0.1) is 13.8 Å². The minimum absolute atomic E-state index is 0.666. The van der Waals surface area contributed by atoms with Crippen LogP contribution in [-0.4, -0.2) is 24.3 Å². The van der Waals surface area contributed by atoms with E-state index in [1.165, 1.54) is 12.8 Å². The van der Waals surface area contributed by atoms with Crippen molar-refractivity contribution in [1.82, 2.24) is 4.90 Å². The first-order valence-corrected chi connectivity index (χ1v) is 9.11. The van der Waals surface area contributed by atoms with E-state index in [1.54, 1.807) is 0 Å². The lowest BCUT2D eigenvalue weighted by Gasteiger charge is -2.13. The van der Waals surface area contributed by atoms with Crippen LogP contribution in [0.2, 0.25) is 5.02 Å². The Morgan fingerprint density at radius 1 is 1.21 bits per heavy atom. The zero-order valence-electron chi connectivity index (χ0n) is 14.0. The molecule has 0 spiro atoms. The predicted octanol–water partition coefficient (Wildman–Crippen LogP) is 6.27. The fraction of sp³-hybridized carbons (Fsp3) is 0.316. The number of hydrogen-bond donors (Lipinski definition) is 0. The number of nitrogens with zero attached hydrogens (tertiary/aromatic N) is 2. The maximum absolute atomic E-state index is 6.03. The highest BCUT2D eigenvalue weighted by molar-refractivity contribution is 9.10. The quantitative estimate of drug-likeness (QED) is 0.431. The molecule has 3 rings (SSSR count). The maximum Gasteiger partial charge on any atom is 0.130 e. The van der Waals surface area contributed by atoms with Gasteiger partial charge in [0.2, 0.25) is 0 Å². The first kappa shape index (κ1) is 17.3. The molecule has 0 radical (unpaired) electrons. The smallest absolute Gasteiger partial charge is 0.130 e. The molecule has 0 unspecified atom stereocenters. The van der Waals surface area contributed by atoms with Gasteiger partial charge in [-0.05, 0) is 84.1 Å². The summed E-state index contributed by atoms with van der Waals surface area (Å²) in [6.45, 7) is 4.08. The summed E-state index contributed by atoms with van der Waals surface area (Å²) in [7, 11) is 2.08. The molecule has 0 amide bonds. The summed E-state index contributed by atoms with van der Waals surface area (Å²) in [5, 5.41) is 0.666. The van der Waals surface area contributed by atoms with E-state index in [2.05, 4.69) is 38.9 Å². The van der Waals surface area contributed by atoms with Gasteiger partial charge in [0.05, 0.1) is 17.0 Å². The fourth-order valence-electron chi connectivity index (χ4n) is 2.42. The molecule has 0 atom stereocenters. The Morgan fingerprint density at radius 2 is 1.96 bits per heavy atom. The number of halogens is 2. The van der Waals surface area contributed by atoms with Gasteiger partial charge >= 0.3 is 0 Å². The van der Waals surface area contributed by atoms with Crippen LogP contribution in [-0.2, 0) is 0 Å². The molecule has 0 aromatic heterocycles. The average Bonchev–Trinajstić information content (AvgIpc) is 3.37. The topological polar surface area (TPSA) is 24.8 Å². The monoisotopic (exact) mass is 406 g/mol. The molecule has 126 valence electrons. The van der Waals surface area contributed by atoms with Crippen LogP contribution in [0.4, 0.5) is 5.69 Å². The minimum Gasteiger partial charge on any atom is -0.457 e. The van der Waals surface area contributed by atoms with Crippen LogP contribution >= 0.6 is 27.5 Å². The van der Waals surface area contributed by atoms with Crippen molar-refractivity contribution in [2.75, 3.05) is 7.05 Å².